The molecule has 0 aliphatic heterocycles. The number of methoxy groups -OCH3 is 1. The molecule has 0 fully saturated rings. The highest BCUT2D eigenvalue weighted by atomic mass is 32.1. The van der Waals surface area contributed by atoms with Crippen LogP contribution in [0.2, 0.25) is 0 Å². The van der Waals surface area contributed by atoms with Crippen molar-refractivity contribution >= 4 is 22.3 Å². The van der Waals surface area contributed by atoms with Crippen LogP contribution >= 0.6 is 11.3 Å². The van der Waals surface area contributed by atoms with Gasteiger partial charge < -0.3 is 15.4 Å². The largest absolute Gasteiger partial charge is 0.383 e. The van der Waals surface area contributed by atoms with Gasteiger partial charge in [0.2, 0.25) is 0 Å². The quantitative estimate of drug-likeness (QED) is 0.783. The molecule has 1 rings (SSSR count). The summed E-state index contributed by atoms with van der Waals surface area (Å²) in [6.07, 6.45) is 1.10. The molecule has 4 nitrogen and oxygen atoms in total. The highest BCUT2D eigenvalue weighted by molar-refractivity contribution is 7.14. The van der Waals surface area contributed by atoms with Crippen molar-refractivity contribution in [3.63, 3.8) is 0 Å². The van der Waals surface area contributed by atoms with Gasteiger partial charge in [-0.1, -0.05) is 6.92 Å². The Morgan fingerprint density at radius 2 is 2.36 bits per heavy atom. The fourth-order valence-corrected chi connectivity index (χ4v) is 1.96. The Bertz CT molecular complexity index is 264. The van der Waals surface area contributed by atoms with Crippen LogP contribution in [-0.4, -0.2) is 31.8 Å². The molecule has 14 heavy (non-hydrogen) atoms. The molecule has 5 heteroatoms. The van der Waals surface area contributed by atoms with Gasteiger partial charge in [0.05, 0.1) is 6.61 Å². The smallest absolute Gasteiger partial charge is 0.187 e. The van der Waals surface area contributed by atoms with E-state index in [0.29, 0.717) is 5.82 Å². The van der Waals surface area contributed by atoms with Gasteiger partial charge in [0, 0.05) is 25.6 Å². The molecular formula is C9H17N3OS. The third kappa shape index (κ3) is 3.16. The minimum absolute atomic E-state index is 0.600. The first-order chi connectivity index (χ1) is 6.77. The Balaban J connectivity index is 2.57. The van der Waals surface area contributed by atoms with Crippen LogP contribution in [0.25, 0.3) is 0 Å². The summed E-state index contributed by atoms with van der Waals surface area (Å²) in [4.78, 5) is 6.45. The molecular weight excluding hydrogens is 198 g/mol. The average molecular weight is 215 g/mol. The van der Waals surface area contributed by atoms with Crippen LogP contribution in [0.4, 0.5) is 10.9 Å². The molecule has 2 N–H and O–H groups in total. The number of aromatic nitrogens is 1. The second kappa shape index (κ2) is 5.82. The molecule has 1 heterocycles. The number of hydrogen-bond donors (Lipinski definition) is 1. The predicted octanol–water partition coefficient (Wildman–Crippen LogP) is 1.59. The SMILES string of the molecule is CCCN(CCOC)c1nc(N)cs1. The summed E-state index contributed by atoms with van der Waals surface area (Å²) in [6.45, 7) is 4.74. The summed E-state index contributed by atoms with van der Waals surface area (Å²) < 4.78 is 5.05. The number of thiazole rings is 1. The maximum Gasteiger partial charge on any atom is 0.187 e. The molecule has 0 aliphatic rings. The van der Waals surface area contributed by atoms with E-state index in [1.165, 1.54) is 0 Å². The van der Waals surface area contributed by atoms with Gasteiger partial charge in [-0.2, -0.15) is 0 Å². The van der Waals surface area contributed by atoms with E-state index in [1.54, 1.807) is 18.4 Å². The maximum absolute atomic E-state index is 5.58. The topological polar surface area (TPSA) is 51.4 Å². The van der Waals surface area contributed by atoms with Gasteiger partial charge in [-0.05, 0) is 6.42 Å². The zero-order valence-electron chi connectivity index (χ0n) is 8.69. The van der Waals surface area contributed by atoms with E-state index in [4.69, 9.17) is 10.5 Å². The van der Waals surface area contributed by atoms with Gasteiger partial charge >= 0.3 is 0 Å². The van der Waals surface area contributed by atoms with Crippen molar-refractivity contribution in [2.45, 2.75) is 13.3 Å². The fourth-order valence-electron chi connectivity index (χ4n) is 1.20. The van der Waals surface area contributed by atoms with E-state index >= 15 is 0 Å². The van der Waals surface area contributed by atoms with Gasteiger partial charge in [-0.3, -0.25) is 0 Å². The van der Waals surface area contributed by atoms with Crippen LogP contribution in [0.3, 0.4) is 0 Å². The molecule has 1 aromatic heterocycles. The van der Waals surface area contributed by atoms with Crippen molar-refractivity contribution in [3.8, 4) is 0 Å². The number of nitrogens with two attached hydrogens (primary N) is 1. The molecule has 0 bridgehead atoms. The van der Waals surface area contributed by atoms with E-state index < -0.39 is 0 Å². The van der Waals surface area contributed by atoms with Crippen LogP contribution in [0.1, 0.15) is 13.3 Å². The minimum Gasteiger partial charge on any atom is -0.383 e. The van der Waals surface area contributed by atoms with Gasteiger partial charge in [-0.25, -0.2) is 4.98 Å². The van der Waals surface area contributed by atoms with Gasteiger partial charge in [0.1, 0.15) is 5.82 Å². The normalized spacial score (nSPS) is 10.4. The Kier molecular flexibility index (Phi) is 4.69. The van der Waals surface area contributed by atoms with Gasteiger partial charge in [0.25, 0.3) is 0 Å². The number of anilines is 2. The maximum atomic E-state index is 5.58. The zero-order chi connectivity index (χ0) is 10.4. The molecule has 0 atom stereocenters. The Hall–Kier alpha value is -0.810. The van der Waals surface area contributed by atoms with E-state index in [0.717, 1.165) is 31.2 Å². The molecule has 0 spiro atoms. The molecule has 0 radical (unpaired) electrons. The van der Waals surface area contributed by atoms with E-state index in [9.17, 15) is 0 Å². The second-order valence-corrected chi connectivity index (χ2v) is 3.87. The number of ether oxygens (including phenoxy) is 1. The first-order valence-electron chi connectivity index (χ1n) is 4.72. The van der Waals surface area contributed by atoms with Crippen molar-refractivity contribution in [2.75, 3.05) is 37.4 Å². The number of nitrogens with zero attached hydrogens (tertiary/aromatic N) is 2. The average Bonchev–Trinajstić information content (AvgIpc) is 2.59. The minimum atomic E-state index is 0.600. The molecule has 0 saturated heterocycles. The van der Waals surface area contributed by atoms with Crippen molar-refractivity contribution in [3.05, 3.63) is 5.38 Å². The highest BCUT2D eigenvalue weighted by Crippen LogP contribution is 2.21. The van der Waals surface area contributed by atoms with Gasteiger partial charge in [-0.15, -0.1) is 11.3 Å². The molecule has 0 amide bonds. The van der Waals surface area contributed by atoms with Crippen molar-refractivity contribution in [1.82, 2.24) is 4.98 Å². The molecule has 0 saturated carbocycles. The van der Waals surface area contributed by atoms with Crippen LogP contribution in [-0.2, 0) is 4.74 Å². The number of nitrogen functional groups attached to an aromatic ring is 1. The molecule has 0 aromatic carbocycles. The summed E-state index contributed by atoms with van der Waals surface area (Å²) in [5.74, 6) is 0.600. The van der Waals surface area contributed by atoms with Crippen molar-refractivity contribution < 1.29 is 4.74 Å². The summed E-state index contributed by atoms with van der Waals surface area (Å²) in [6, 6.07) is 0. The Labute approximate surface area is 88.7 Å². The summed E-state index contributed by atoms with van der Waals surface area (Å²) in [7, 11) is 1.71. The van der Waals surface area contributed by atoms with E-state index in [-0.39, 0.29) is 0 Å². The van der Waals surface area contributed by atoms with Gasteiger partial charge in [0.15, 0.2) is 5.13 Å². The van der Waals surface area contributed by atoms with Crippen LogP contribution in [0.5, 0.6) is 0 Å². The molecule has 0 aliphatic carbocycles. The zero-order valence-corrected chi connectivity index (χ0v) is 9.51. The number of rotatable bonds is 6. The fraction of sp³-hybridized carbons (Fsp3) is 0.667. The molecule has 80 valence electrons. The monoisotopic (exact) mass is 215 g/mol. The molecule has 1 aromatic rings. The van der Waals surface area contributed by atoms with Crippen LogP contribution in [0.15, 0.2) is 5.38 Å². The lowest BCUT2D eigenvalue weighted by atomic mass is 10.4. The highest BCUT2D eigenvalue weighted by Gasteiger charge is 2.08. The summed E-state index contributed by atoms with van der Waals surface area (Å²) in [5.41, 5.74) is 5.58. The number of hydrogen-bond acceptors (Lipinski definition) is 5. The van der Waals surface area contributed by atoms with E-state index in [1.807, 2.05) is 5.38 Å². The second-order valence-electron chi connectivity index (χ2n) is 3.03. The standard InChI is InChI=1S/C9H17N3OS/c1-3-4-12(5-6-13-2)9-11-8(10)7-14-9/h7H,3-6,10H2,1-2H3. The lowest BCUT2D eigenvalue weighted by Gasteiger charge is -2.20. The predicted molar refractivity (Wildman–Crippen MR) is 60.9 cm³/mol. The summed E-state index contributed by atoms with van der Waals surface area (Å²) >= 11 is 1.58. The first kappa shape index (κ1) is 11.3. The Morgan fingerprint density at radius 1 is 1.57 bits per heavy atom. The first-order valence-corrected chi connectivity index (χ1v) is 5.60. The summed E-state index contributed by atoms with van der Waals surface area (Å²) in [5, 5.41) is 2.85. The lowest BCUT2D eigenvalue weighted by molar-refractivity contribution is 0.205. The van der Waals surface area contributed by atoms with Crippen molar-refractivity contribution in [2.24, 2.45) is 0 Å². The third-order valence-corrected chi connectivity index (χ3v) is 2.76. The lowest BCUT2D eigenvalue weighted by Crippen LogP contribution is -2.27. The third-order valence-electron chi connectivity index (χ3n) is 1.84. The molecule has 0 unspecified atom stereocenters. The van der Waals surface area contributed by atoms with Crippen LogP contribution in [0, 0.1) is 0 Å². The van der Waals surface area contributed by atoms with Crippen molar-refractivity contribution in [1.29, 1.82) is 0 Å². The van der Waals surface area contributed by atoms with Crippen LogP contribution < -0.4 is 10.6 Å². The van der Waals surface area contributed by atoms with E-state index in [2.05, 4.69) is 16.8 Å². The Morgan fingerprint density at radius 3 is 2.86 bits per heavy atom.